The van der Waals surface area contributed by atoms with E-state index in [1.165, 1.54) is 0 Å². The Kier molecular flexibility index (Phi) is 11.1. The molecule has 11 heteroatoms. The number of nitrogens with one attached hydrogen (secondary N) is 4. The lowest BCUT2D eigenvalue weighted by Crippen LogP contribution is -2.58. The summed E-state index contributed by atoms with van der Waals surface area (Å²) < 4.78 is 0. The van der Waals surface area contributed by atoms with Crippen molar-refractivity contribution in [3.8, 4) is 0 Å². The summed E-state index contributed by atoms with van der Waals surface area (Å²) in [6, 6.07) is -3.58. The van der Waals surface area contributed by atoms with Crippen LogP contribution in [0.25, 0.3) is 0 Å². The molecule has 11 nitrogen and oxygen atoms in total. The van der Waals surface area contributed by atoms with Gasteiger partial charge in [0.25, 0.3) is 0 Å². The summed E-state index contributed by atoms with van der Waals surface area (Å²) in [6.07, 6.45) is 1.48. The molecule has 182 valence electrons. The molecule has 1 aliphatic heterocycles. The predicted octanol–water partition coefficient (Wildman–Crippen LogP) is -0.755. The van der Waals surface area contributed by atoms with Crippen LogP contribution in [0.15, 0.2) is 0 Å². The quantitative estimate of drug-likeness (QED) is 0.211. The largest absolute Gasteiger partial charge is 0.480 e. The van der Waals surface area contributed by atoms with Crippen molar-refractivity contribution in [1.82, 2.24) is 21.3 Å². The normalized spacial score (nSPS) is 18.6. The molecule has 0 aliphatic carbocycles. The van der Waals surface area contributed by atoms with Gasteiger partial charge in [-0.2, -0.15) is 0 Å². The van der Waals surface area contributed by atoms with E-state index in [0.717, 1.165) is 13.0 Å². The minimum Gasteiger partial charge on any atom is -0.480 e. The molecule has 0 bridgehead atoms. The maximum atomic E-state index is 12.9. The molecule has 4 unspecified atom stereocenters. The van der Waals surface area contributed by atoms with Gasteiger partial charge in [-0.15, -0.1) is 0 Å². The van der Waals surface area contributed by atoms with Crippen molar-refractivity contribution in [3.05, 3.63) is 0 Å². The molecule has 7 N–H and O–H groups in total. The highest BCUT2D eigenvalue weighted by atomic mass is 16.4. The molecule has 1 aliphatic rings. The van der Waals surface area contributed by atoms with E-state index in [2.05, 4.69) is 21.3 Å². The standard InChI is InChI=1S/C21H37N5O6/c1-11(2)10-15(21(31)32)25-19(29)14(7-8-16(22)27)24-20(30)17(12(3)4)26-18(28)13-6-5-9-23-13/h11-15,17,23H,5-10H2,1-4H3,(H2,22,27)(H,24,30)(H,25,29)(H,26,28)(H,31,32). The third-order valence-electron chi connectivity index (χ3n) is 5.26. The summed E-state index contributed by atoms with van der Waals surface area (Å²) in [5.74, 6) is -3.71. The van der Waals surface area contributed by atoms with E-state index in [9.17, 15) is 29.1 Å². The average molecular weight is 456 g/mol. The highest BCUT2D eigenvalue weighted by molar-refractivity contribution is 5.94. The fourth-order valence-electron chi connectivity index (χ4n) is 3.48. The van der Waals surface area contributed by atoms with Crippen LogP contribution in [0.5, 0.6) is 0 Å². The van der Waals surface area contributed by atoms with E-state index in [1.54, 1.807) is 13.8 Å². The summed E-state index contributed by atoms with van der Waals surface area (Å²) in [4.78, 5) is 60.9. The summed E-state index contributed by atoms with van der Waals surface area (Å²) in [5.41, 5.74) is 5.19. The zero-order chi connectivity index (χ0) is 24.4. The van der Waals surface area contributed by atoms with Crippen LogP contribution < -0.4 is 27.0 Å². The predicted molar refractivity (Wildman–Crippen MR) is 117 cm³/mol. The van der Waals surface area contributed by atoms with Crippen LogP contribution in [0.1, 0.15) is 59.8 Å². The number of amides is 4. The third-order valence-corrected chi connectivity index (χ3v) is 5.26. The molecule has 4 atom stereocenters. The first-order chi connectivity index (χ1) is 14.9. The van der Waals surface area contributed by atoms with Crippen LogP contribution in [0.3, 0.4) is 0 Å². The first-order valence-electron chi connectivity index (χ1n) is 11.1. The van der Waals surface area contributed by atoms with Crippen LogP contribution in [0, 0.1) is 11.8 Å². The van der Waals surface area contributed by atoms with E-state index in [1.807, 2.05) is 13.8 Å². The fourth-order valence-corrected chi connectivity index (χ4v) is 3.48. The number of carboxylic acids is 1. The van der Waals surface area contributed by atoms with Crippen molar-refractivity contribution in [2.24, 2.45) is 17.6 Å². The van der Waals surface area contributed by atoms with E-state index in [-0.39, 0.29) is 43.0 Å². The molecule has 1 saturated heterocycles. The molecular weight excluding hydrogens is 418 g/mol. The van der Waals surface area contributed by atoms with Gasteiger partial charge in [-0.05, 0) is 44.1 Å². The molecule has 1 heterocycles. The van der Waals surface area contributed by atoms with Gasteiger partial charge in [-0.25, -0.2) is 4.79 Å². The average Bonchev–Trinajstić information content (AvgIpc) is 3.22. The monoisotopic (exact) mass is 455 g/mol. The smallest absolute Gasteiger partial charge is 0.326 e. The molecule has 0 aromatic heterocycles. The Balaban J connectivity index is 2.91. The van der Waals surface area contributed by atoms with Gasteiger partial charge in [-0.1, -0.05) is 27.7 Å². The van der Waals surface area contributed by atoms with Crippen LogP contribution >= 0.6 is 0 Å². The van der Waals surface area contributed by atoms with Crippen LogP contribution in [0.2, 0.25) is 0 Å². The minimum absolute atomic E-state index is 0.0137. The molecule has 0 aromatic rings. The molecule has 0 spiro atoms. The lowest BCUT2D eigenvalue weighted by Gasteiger charge is -2.27. The molecule has 32 heavy (non-hydrogen) atoms. The SMILES string of the molecule is CC(C)CC(NC(=O)C(CCC(N)=O)NC(=O)C(NC(=O)C1CCCN1)C(C)C)C(=O)O. The number of rotatable bonds is 13. The highest BCUT2D eigenvalue weighted by Crippen LogP contribution is 2.10. The molecule has 0 saturated carbocycles. The van der Waals surface area contributed by atoms with Crippen molar-refractivity contribution in [3.63, 3.8) is 0 Å². The van der Waals surface area contributed by atoms with Gasteiger partial charge in [-0.3, -0.25) is 19.2 Å². The van der Waals surface area contributed by atoms with Crippen molar-refractivity contribution in [2.75, 3.05) is 6.54 Å². The number of aliphatic carboxylic acids is 1. The minimum atomic E-state index is -1.19. The van der Waals surface area contributed by atoms with Gasteiger partial charge < -0.3 is 32.1 Å². The number of carboxylic acid groups (broad SMARTS) is 1. The Morgan fingerprint density at radius 1 is 1.00 bits per heavy atom. The number of hydrogen-bond acceptors (Lipinski definition) is 6. The second-order valence-corrected chi connectivity index (χ2v) is 8.97. The summed E-state index contributed by atoms with van der Waals surface area (Å²) >= 11 is 0. The van der Waals surface area contributed by atoms with Crippen LogP contribution in [0.4, 0.5) is 0 Å². The summed E-state index contributed by atoms with van der Waals surface area (Å²) in [5, 5.41) is 20.2. The van der Waals surface area contributed by atoms with Gasteiger partial charge >= 0.3 is 5.97 Å². The summed E-state index contributed by atoms with van der Waals surface area (Å²) in [7, 11) is 0. The third kappa shape index (κ3) is 9.21. The van der Waals surface area contributed by atoms with Crippen molar-refractivity contribution in [1.29, 1.82) is 0 Å². The zero-order valence-electron chi connectivity index (χ0n) is 19.3. The Hall–Kier alpha value is -2.69. The van der Waals surface area contributed by atoms with Gasteiger partial charge in [0.05, 0.1) is 6.04 Å². The van der Waals surface area contributed by atoms with E-state index >= 15 is 0 Å². The Morgan fingerprint density at radius 3 is 2.09 bits per heavy atom. The summed E-state index contributed by atoms with van der Waals surface area (Å²) in [6.45, 7) is 7.89. The number of primary amides is 1. The fraction of sp³-hybridized carbons (Fsp3) is 0.762. The Bertz CT molecular complexity index is 690. The second-order valence-electron chi connectivity index (χ2n) is 8.97. The molecule has 1 rings (SSSR count). The first kappa shape index (κ1) is 27.3. The molecule has 0 aromatic carbocycles. The van der Waals surface area contributed by atoms with Gasteiger partial charge in [0.1, 0.15) is 18.1 Å². The molecular formula is C21H37N5O6. The number of carbonyl (C=O) groups excluding carboxylic acids is 4. The number of nitrogens with two attached hydrogens (primary N) is 1. The second kappa shape index (κ2) is 13.0. The molecule has 4 amide bonds. The Labute approximate surface area is 188 Å². The van der Waals surface area contributed by atoms with E-state index in [4.69, 9.17) is 5.73 Å². The number of carbonyl (C=O) groups is 5. The van der Waals surface area contributed by atoms with Crippen molar-refractivity contribution in [2.45, 2.75) is 84.0 Å². The highest BCUT2D eigenvalue weighted by Gasteiger charge is 2.33. The van der Waals surface area contributed by atoms with Gasteiger partial charge in [0.15, 0.2) is 0 Å². The Morgan fingerprint density at radius 2 is 1.62 bits per heavy atom. The molecule has 1 fully saturated rings. The van der Waals surface area contributed by atoms with Crippen LogP contribution in [-0.2, 0) is 24.0 Å². The van der Waals surface area contributed by atoms with Gasteiger partial charge in [0.2, 0.25) is 23.6 Å². The van der Waals surface area contributed by atoms with Crippen molar-refractivity contribution >= 4 is 29.6 Å². The first-order valence-corrected chi connectivity index (χ1v) is 11.1. The molecule has 0 radical (unpaired) electrons. The van der Waals surface area contributed by atoms with Crippen molar-refractivity contribution < 1.29 is 29.1 Å². The topological polar surface area (TPSA) is 180 Å². The lowest BCUT2D eigenvalue weighted by atomic mass is 10.0. The van der Waals surface area contributed by atoms with E-state index < -0.39 is 41.8 Å². The maximum Gasteiger partial charge on any atom is 0.326 e. The van der Waals surface area contributed by atoms with Crippen LogP contribution in [-0.4, -0.2) is 65.4 Å². The van der Waals surface area contributed by atoms with Gasteiger partial charge in [0, 0.05) is 6.42 Å². The maximum absolute atomic E-state index is 12.9. The lowest BCUT2D eigenvalue weighted by molar-refractivity contribution is -0.143. The van der Waals surface area contributed by atoms with E-state index in [0.29, 0.717) is 6.42 Å². The zero-order valence-corrected chi connectivity index (χ0v) is 19.3. The number of hydrogen-bond donors (Lipinski definition) is 6.